The maximum absolute atomic E-state index is 13.4. The van der Waals surface area contributed by atoms with E-state index in [1.165, 1.54) is 109 Å². The van der Waals surface area contributed by atoms with Crippen molar-refractivity contribution in [3.8, 4) is 0 Å². The average molecular weight is 1000 g/mol. The minimum atomic E-state index is -4.47. The van der Waals surface area contributed by atoms with E-state index < -0.39 is 20.0 Å². The average Bonchev–Trinajstić information content (AvgIpc) is 3.32. The van der Waals surface area contributed by atoms with Gasteiger partial charge in [0.05, 0.1) is 33.8 Å². The maximum Gasteiger partial charge on any atom is 0.472 e. The fourth-order valence-corrected chi connectivity index (χ4v) is 8.42. The molecule has 0 spiro atoms. The Balaban J connectivity index is 5.44. The molecule has 0 heterocycles. The Morgan fingerprint density at radius 1 is 0.514 bits per heavy atom. The molecule has 0 bridgehead atoms. The summed E-state index contributed by atoms with van der Waals surface area (Å²) in [7, 11) is 1.44. The van der Waals surface area contributed by atoms with Gasteiger partial charge in [0.1, 0.15) is 19.3 Å². The highest BCUT2D eigenvalue weighted by Gasteiger charge is 2.30. The SMILES string of the molecule is CC/C=C/C/C=C/C/C=C/C/C=C/C/C=C/CCC(=O)NC(COP(=O)(O)OCC[N+](C)(C)C)C(/C=C/CCCCCCCCCCC)OC(=O)CCCCCCCCC/C=C/CCCCCCCC. The third-order valence-electron chi connectivity index (χ3n) is 12.1. The van der Waals surface area contributed by atoms with Gasteiger partial charge in [-0.05, 0) is 89.5 Å². The molecule has 0 rings (SSSR count). The summed E-state index contributed by atoms with van der Waals surface area (Å²) in [5.74, 6) is -0.611. The number of nitrogens with one attached hydrogen (secondary N) is 1. The number of allylic oxidation sites excluding steroid dienone is 13. The van der Waals surface area contributed by atoms with Crippen LogP contribution in [0.4, 0.5) is 0 Å². The summed E-state index contributed by atoms with van der Waals surface area (Å²) >= 11 is 0. The number of amides is 1. The maximum atomic E-state index is 13.4. The first kappa shape index (κ1) is 67.2. The fraction of sp³-hybridized carbons (Fsp3) is 0.733. The number of rotatable bonds is 50. The summed E-state index contributed by atoms with van der Waals surface area (Å²) in [5, 5.41) is 2.99. The van der Waals surface area contributed by atoms with Crippen LogP contribution >= 0.6 is 7.82 Å². The van der Waals surface area contributed by atoms with E-state index in [4.69, 9.17) is 13.8 Å². The second-order valence-electron chi connectivity index (χ2n) is 20.1. The summed E-state index contributed by atoms with van der Waals surface area (Å²) in [6, 6.07) is -0.892. The molecule has 10 heteroatoms. The lowest BCUT2D eigenvalue weighted by Crippen LogP contribution is -2.47. The van der Waals surface area contributed by atoms with Crippen LogP contribution in [0.2, 0.25) is 0 Å². The van der Waals surface area contributed by atoms with E-state index in [9.17, 15) is 19.0 Å². The summed E-state index contributed by atoms with van der Waals surface area (Å²) < 4.78 is 30.5. The molecule has 0 saturated heterocycles. The Morgan fingerprint density at radius 2 is 0.929 bits per heavy atom. The number of phosphoric ester groups is 1. The topological polar surface area (TPSA) is 111 Å². The van der Waals surface area contributed by atoms with Gasteiger partial charge < -0.3 is 19.4 Å². The molecule has 0 aromatic heterocycles. The van der Waals surface area contributed by atoms with E-state index in [0.29, 0.717) is 17.4 Å². The number of unbranched alkanes of at least 4 members (excludes halogenated alkanes) is 22. The fourth-order valence-electron chi connectivity index (χ4n) is 7.69. The second kappa shape index (κ2) is 49.8. The zero-order valence-electron chi connectivity index (χ0n) is 46.0. The standard InChI is InChI=1S/C60H107N2O7P/c1-7-10-13-16-19-22-25-27-29-31-33-35-38-41-44-47-50-53-60(64)69-58(51-48-45-42-39-36-24-21-18-15-12-9-3)57(56-68-70(65,66)67-55-54-62(4,5)6)61-59(63)52-49-46-43-40-37-34-32-30-28-26-23-20-17-14-11-8-2/h11,14,20,23,27-30,34,37,43,46,48,51,57-58H,7-10,12-13,15-19,21-22,24-26,31-33,35-36,38-42,44-45,47,49-50,52-56H2,1-6H3,(H-,61,63,65,66)/p+1/b14-11+,23-20+,29-27+,30-28+,37-34+,46-43+,51-48+. The molecule has 3 atom stereocenters. The number of ether oxygens (including phenoxy) is 1. The number of carbonyl (C=O) groups excluding carboxylic acids is 2. The van der Waals surface area contributed by atoms with Crippen LogP contribution in [0, 0.1) is 0 Å². The van der Waals surface area contributed by atoms with Crippen molar-refractivity contribution >= 4 is 19.7 Å². The lowest BCUT2D eigenvalue weighted by atomic mass is 10.1. The first-order valence-corrected chi connectivity index (χ1v) is 29.9. The van der Waals surface area contributed by atoms with E-state index in [1.54, 1.807) is 0 Å². The Kier molecular flexibility index (Phi) is 47.8. The first-order chi connectivity index (χ1) is 33.9. The number of quaternary nitrogens is 1. The Morgan fingerprint density at radius 3 is 1.40 bits per heavy atom. The van der Waals surface area contributed by atoms with Gasteiger partial charge in [0.15, 0.2) is 0 Å². The molecule has 0 aromatic rings. The predicted molar refractivity (Wildman–Crippen MR) is 300 cm³/mol. The van der Waals surface area contributed by atoms with Crippen LogP contribution in [-0.2, 0) is 27.9 Å². The van der Waals surface area contributed by atoms with Gasteiger partial charge in [-0.2, -0.15) is 0 Å². The summed E-state index contributed by atoms with van der Waals surface area (Å²) in [4.78, 5) is 37.5. The van der Waals surface area contributed by atoms with Crippen LogP contribution in [0.5, 0.6) is 0 Å². The summed E-state index contributed by atoms with van der Waals surface area (Å²) in [5.41, 5.74) is 0. The third-order valence-corrected chi connectivity index (χ3v) is 13.1. The molecule has 0 aliphatic carbocycles. The van der Waals surface area contributed by atoms with Gasteiger partial charge in [-0.1, -0.05) is 215 Å². The lowest BCUT2D eigenvalue weighted by Gasteiger charge is -2.27. The summed E-state index contributed by atoms with van der Waals surface area (Å²) in [6.45, 7) is 6.81. The summed E-state index contributed by atoms with van der Waals surface area (Å²) in [6.07, 6.45) is 64.5. The van der Waals surface area contributed by atoms with Crippen molar-refractivity contribution in [3.05, 3.63) is 85.1 Å². The normalized spacial score (nSPS) is 14.4. The van der Waals surface area contributed by atoms with Gasteiger partial charge in [0.25, 0.3) is 0 Å². The molecule has 1 amide bonds. The highest BCUT2D eigenvalue weighted by atomic mass is 31.2. The van der Waals surface area contributed by atoms with Crippen molar-refractivity contribution < 1.29 is 37.3 Å². The van der Waals surface area contributed by atoms with Crippen molar-refractivity contribution in [2.24, 2.45) is 0 Å². The first-order valence-electron chi connectivity index (χ1n) is 28.4. The molecule has 3 unspecified atom stereocenters. The van der Waals surface area contributed by atoms with E-state index in [2.05, 4.69) is 86.8 Å². The molecule has 0 saturated carbocycles. The lowest BCUT2D eigenvalue weighted by molar-refractivity contribution is -0.870. The second-order valence-corrected chi connectivity index (χ2v) is 21.5. The predicted octanol–water partition coefficient (Wildman–Crippen LogP) is 17.0. The van der Waals surface area contributed by atoms with Gasteiger partial charge in [-0.25, -0.2) is 4.57 Å². The van der Waals surface area contributed by atoms with E-state index in [-0.39, 0.29) is 37.9 Å². The Bertz CT molecular complexity index is 1480. The number of carbonyl (C=O) groups is 2. The van der Waals surface area contributed by atoms with Gasteiger partial charge in [-0.3, -0.25) is 18.6 Å². The smallest absolute Gasteiger partial charge is 0.456 e. The molecule has 0 fully saturated rings. The van der Waals surface area contributed by atoms with Crippen molar-refractivity contribution in [1.29, 1.82) is 0 Å². The van der Waals surface area contributed by atoms with Crippen LogP contribution in [0.3, 0.4) is 0 Å². The third kappa shape index (κ3) is 50.1. The van der Waals surface area contributed by atoms with Crippen LogP contribution in [0.25, 0.3) is 0 Å². The van der Waals surface area contributed by atoms with Gasteiger partial charge in [0.2, 0.25) is 5.91 Å². The zero-order valence-corrected chi connectivity index (χ0v) is 46.9. The monoisotopic (exact) mass is 1000 g/mol. The Labute approximate surface area is 431 Å². The number of hydrogen-bond donors (Lipinski definition) is 2. The van der Waals surface area contributed by atoms with Crippen LogP contribution in [0.1, 0.15) is 233 Å². The van der Waals surface area contributed by atoms with Crippen molar-refractivity contribution in [1.82, 2.24) is 5.32 Å². The molecule has 404 valence electrons. The van der Waals surface area contributed by atoms with E-state index >= 15 is 0 Å². The number of nitrogens with zero attached hydrogens (tertiary/aromatic N) is 1. The molecule has 0 radical (unpaired) electrons. The van der Waals surface area contributed by atoms with Crippen molar-refractivity contribution in [2.45, 2.75) is 245 Å². The minimum absolute atomic E-state index is 0.0231. The zero-order chi connectivity index (χ0) is 51.5. The van der Waals surface area contributed by atoms with Crippen LogP contribution < -0.4 is 5.32 Å². The van der Waals surface area contributed by atoms with Crippen LogP contribution in [-0.4, -0.2) is 74.3 Å². The van der Waals surface area contributed by atoms with Crippen molar-refractivity contribution in [2.75, 3.05) is 40.9 Å². The van der Waals surface area contributed by atoms with Gasteiger partial charge >= 0.3 is 13.8 Å². The highest BCUT2D eigenvalue weighted by Crippen LogP contribution is 2.43. The number of likely N-dealkylation sites (N-methyl/N-ethyl adjacent to an activating group) is 1. The quantitative estimate of drug-likeness (QED) is 0.0205. The molecule has 0 aromatic carbocycles. The number of esters is 1. The van der Waals surface area contributed by atoms with Gasteiger partial charge in [-0.15, -0.1) is 0 Å². The Hall–Kier alpha value is -2.81. The minimum Gasteiger partial charge on any atom is -0.456 e. The molecule has 2 N–H and O–H groups in total. The molecule has 0 aliphatic rings. The molecule has 70 heavy (non-hydrogen) atoms. The highest BCUT2D eigenvalue weighted by molar-refractivity contribution is 7.47. The number of phosphoric acid groups is 1. The van der Waals surface area contributed by atoms with Gasteiger partial charge in [0, 0.05) is 12.8 Å². The number of hydrogen-bond acceptors (Lipinski definition) is 6. The molecular formula is C60H108N2O7P+. The molecular weight excluding hydrogens is 892 g/mol. The van der Waals surface area contributed by atoms with Crippen molar-refractivity contribution in [3.63, 3.8) is 0 Å². The molecule has 0 aliphatic heterocycles. The largest absolute Gasteiger partial charge is 0.472 e. The van der Waals surface area contributed by atoms with E-state index in [1.807, 2.05) is 45.4 Å². The van der Waals surface area contributed by atoms with E-state index in [0.717, 1.165) is 83.5 Å². The molecule has 9 nitrogen and oxygen atoms in total. The van der Waals surface area contributed by atoms with Crippen LogP contribution in [0.15, 0.2) is 85.1 Å².